The van der Waals surface area contributed by atoms with Crippen LogP contribution in [-0.4, -0.2) is 5.78 Å². The molecule has 1 aromatic carbocycles. The largest absolute Gasteiger partial charge is 0.299 e. The van der Waals surface area contributed by atoms with Gasteiger partial charge in [0.2, 0.25) is 0 Å². The molecular weight excluding hydrogens is 244 g/mol. The zero-order chi connectivity index (χ0) is 15.1. The fourth-order valence-corrected chi connectivity index (χ4v) is 3.32. The summed E-state index contributed by atoms with van der Waals surface area (Å²) in [5.41, 5.74) is 2.68. The number of carbonyl (C=O) groups is 1. The SMILES string of the molecule is CCC(=O)C(C)C(Cc1cccc(C)c1)C(CC)CC. The average molecular weight is 274 g/mol. The lowest BCUT2D eigenvalue weighted by Crippen LogP contribution is -2.28. The van der Waals surface area contributed by atoms with Crippen molar-refractivity contribution in [1.82, 2.24) is 0 Å². The highest BCUT2D eigenvalue weighted by atomic mass is 16.1. The van der Waals surface area contributed by atoms with Crippen LogP contribution in [0.5, 0.6) is 0 Å². The van der Waals surface area contributed by atoms with Crippen molar-refractivity contribution in [2.24, 2.45) is 17.8 Å². The molecule has 1 rings (SSSR count). The summed E-state index contributed by atoms with van der Waals surface area (Å²) in [5, 5.41) is 0. The van der Waals surface area contributed by atoms with Gasteiger partial charge in [0.15, 0.2) is 0 Å². The van der Waals surface area contributed by atoms with Gasteiger partial charge >= 0.3 is 0 Å². The number of benzene rings is 1. The van der Waals surface area contributed by atoms with Crippen molar-refractivity contribution in [3.63, 3.8) is 0 Å². The summed E-state index contributed by atoms with van der Waals surface area (Å²) >= 11 is 0. The lowest BCUT2D eigenvalue weighted by atomic mass is 9.74. The third-order valence-corrected chi connectivity index (χ3v) is 4.71. The van der Waals surface area contributed by atoms with Crippen molar-refractivity contribution < 1.29 is 4.79 Å². The molecule has 0 saturated carbocycles. The predicted molar refractivity (Wildman–Crippen MR) is 86.9 cm³/mol. The van der Waals surface area contributed by atoms with Crippen LogP contribution in [0, 0.1) is 24.7 Å². The van der Waals surface area contributed by atoms with Gasteiger partial charge in [-0.1, -0.05) is 70.4 Å². The molecule has 0 aliphatic carbocycles. The van der Waals surface area contributed by atoms with E-state index in [9.17, 15) is 4.79 Å². The van der Waals surface area contributed by atoms with Crippen LogP contribution in [0.4, 0.5) is 0 Å². The lowest BCUT2D eigenvalue weighted by molar-refractivity contribution is -0.124. The maximum Gasteiger partial charge on any atom is 0.135 e. The Morgan fingerprint density at radius 2 is 1.80 bits per heavy atom. The predicted octanol–water partition coefficient (Wildman–Crippen LogP) is 5.21. The van der Waals surface area contributed by atoms with Crippen LogP contribution in [0.3, 0.4) is 0 Å². The van der Waals surface area contributed by atoms with E-state index >= 15 is 0 Å². The first kappa shape index (κ1) is 16.9. The van der Waals surface area contributed by atoms with Gasteiger partial charge in [-0.15, -0.1) is 0 Å². The van der Waals surface area contributed by atoms with E-state index in [1.807, 2.05) is 6.92 Å². The molecule has 112 valence electrons. The van der Waals surface area contributed by atoms with Gasteiger partial charge in [-0.3, -0.25) is 4.79 Å². The Balaban J connectivity index is 2.95. The molecule has 20 heavy (non-hydrogen) atoms. The standard InChI is InChI=1S/C19H30O/c1-6-17(7-2)18(15(5)19(20)8-3)13-16-11-9-10-14(4)12-16/h9-12,15,17-18H,6-8,13H2,1-5H3. The van der Waals surface area contributed by atoms with Gasteiger partial charge in [0.05, 0.1) is 0 Å². The summed E-state index contributed by atoms with van der Waals surface area (Å²) in [5.74, 6) is 1.69. The number of Topliss-reactive ketones (excluding diaryl/α,β-unsaturated/α-hetero) is 1. The van der Waals surface area contributed by atoms with Crippen LogP contribution in [0.15, 0.2) is 24.3 Å². The summed E-state index contributed by atoms with van der Waals surface area (Å²) < 4.78 is 0. The molecule has 0 fully saturated rings. The normalized spacial score (nSPS) is 14.3. The first-order valence-electron chi connectivity index (χ1n) is 8.11. The summed E-state index contributed by atoms with van der Waals surface area (Å²) in [7, 11) is 0. The number of rotatable bonds is 8. The maximum absolute atomic E-state index is 12.1. The summed E-state index contributed by atoms with van der Waals surface area (Å²) in [6.07, 6.45) is 4.01. The number of aryl methyl sites for hydroxylation is 1. The molecule has 0 heterocycles. The first-order chi connectivity index (χ1) is 9.53. The zero-order valence-electron chi connectivity index (χ0n) is 13.8. The molecule has 1 aromatic rings. The van der Waals surface area contributed by atoms with E-state index < -0.39 is 0 Å². The third-order valence-electron chi connectivity index (χ3n) is 4.71. The van der Waals surface area contributed by atoms with Gasteiger partial charge in [0.1, 0.15) is 5.78 Å². The fourth-order valence-electron chi connectivity index (χ4n) is 3.32. The van der Waals surface area contributed by atoms with Crippen LogP contribution in [0.1, 0.15) is 58.1 Å². The molecule has 0 aromatic heterocycles. The van der Waals surface area contributed by atoms with Gasteiger partial charge < -0.3 is 0 Å². The van der Waals surface area contributed by atoms with Crippen molar-refractivity contribution in [3.8, 4) is 0 Å². The van der Waals surface area contributed by atoms with Crippen molar-refractivity contribution in [2.75, 3.05) is 0 Å². The number of ketones is 1. The number of hydrogen-bond donors (Lipinski definition) is 0. The van der Waals surface area contributed by atoms with E-state index in [2.05, 4.69) is 52.0 Å². The topological polar surface area (TPSA) is 17.1 Å². The molecule has 1 heteroatoms. The van der Waals surface area contributed by atoms with E-state index in [1.165, 1.54) is 11.1 Å². The second-order valence-corrected chi connectivity index (χ2v) is 6.04. The molecule has 0 spiro atoms. The Hall–Kier alpha value is -1.11. The van der Waals surface area contributed by atoms with Gasteiger partial charge in [0.25, 0.3) is 0 Å². The van der Waals surface area contributed by atoms with E-state index in [0.29, 0.717) is 24.0 Å². The highest BCUT2D eigenvalue weighted by Crippen LogP contribution is 2.31. The van der Waals surface area contributed by atoms with E-state index in [4.69, 9.17) is 0 Å². The van der Waals surface area contributed by atoms with E-state index in [0.717, 1.165) is 19.3 Å². The summed E-state index contributed by atoms with van der Waals surface area (Å²) in [6.45, 7) is 10.7. The average Bonchev–Trinajstić information content (AvgIpc) is 2.46. The van der Waals surface area contributed by atoms with Crippen LogP contribution < -0.4 is 0 Å². The molecule has 1 nitrogen and oxygen atoms in total. The van der Waals surface area contributed by atoms with E-state index in [1.54, 1.807) is 0 Å². The fraction of sp³-hybridized carbons (Fsp3) is 0.632. The smallest absolute Gasteiger partial charge is 0.135 e. The first-order valence-corrected chi connectivity index (χ1v) is 8.11. The molecule has 0 N–H and O–H groups in total. The Labute approximate surface area is 124 Å². The molecule has 0 saturated heterocycles. The molecule has 2 atom stereocenters. The molecule has 0 aliphatic heterocycles. The van der Waals surface area contributed by atoms with Crippen LogP contribution in [0.2, 0.25) is 0 Å². The monoisotopic (exact) mass is 274 g/mol. The second kappa shape index (κ2) is 8.24. The highest BCUT2D eigenvalue weighted by molar-refractivity contribution is 5.80. The lowest BCUT2D eigenvalue weighted by Gasteiger charge is -2.30. The Morgan fingerprint density at radius 3 is 2.30 bits per heavy atom. The third kappa shape index (κ3) is 4.47. The minimum Gasteiger partial charge on any atom is -0.299 e. The molecule has 0 bridgehead atoms. The van der Waals surface area contributed by atoms with Gasteiger partial charge in [0, 0.05) is 12.3 Å². The van der Waals surface area contributed by atoms with Gasteiger partial charge in [-0.25, -0.2) is 0 Å². The molecule has 0 radical (unpaired) electrons. The minimum absolute atomic E-state index is 0.172. The zero-order valence-corrected chi connectivity index (χ0v) is 13.8. The Bertz CT molecular complexity index is 418. The number of carbonyl (C=O) groups excluding carboxylic acids is 1. The summed E-state index contributed by atoms with van der Waals surface area (Å²) in [6, 6.07) is 8.72. The second-order valence-electron chi connectivity index (χ2n) is 6.04. The van der Waals surface area contributed by atoms with Crippen LogP contribution >= 0.6 is 0 Å². The van der Waals surface area contributed by atoms with Crippen molar-refractivity contribution in [3.05, 3.63) is 35.4 Å². The van der Waals surface area contributed by atoms with E-state index in [-0.39, 0.29) is 5.92 Å². The molecule has 0 aliphatic rings. The molecular formula is C19H30O. The number of hydrogen-bond acceptors (Lipinski definition) is 1. The van der Waals surface area contributed by atoms with Crippen molar-refractivity contribution >= 4 is 5.78 Å². The highest BCUT2D eigenvalue weighted by Gasteiger charge is 2.28. The molecule has 0 amide bonds. The van der Waals surface area contributed by atoms with Gasteiger partial charge in [-0.05, 0) is 30.7 Å². The van der Waals surface area contributed by atoms with Gasteiger partial charge in [-0.2, -0.15) is 0 Å². The van der Waals surface area contributed by atoms with Crippen LogP contribution in [-0.2, 0) is 11.2 Å². The van der Waals surface area contributed by atoms with Crippen molar-refractivity contribution in [2.45, 2.75) is 60.3 Å². The quantitative estimate of drug-likeness (QED) is 0.636. The minimum atomic E-state index is 0.172. The molecule has 2 unspecified atom stereocenters. The Morgan fingerprint density at radius 1 is 1.15 bits per heavy atom. The van der Waals surface area contributed by atoms with Crippen molar-refractivity contribution in [1.29, 1.82) is 0 Å². The maximum atomic E-state index is 12.1. The summed E-state index contributed by atoms with van der Waals surface area (Å²) in [4.78, 5) is 12.1. The Kier molecular flexibility index (Phi) is 6.98. The van der Waals surface area contributed by atoms with Crippen LogP contribution in [0.25, 0.3) is 0 Å².